The lowest BCUT2D eigenvalue weighted by atomic mass is 10.1. The number of aryl methyl sites for hydroxylation is 1. The summed E-state index contributed by atoms with van der Waals surface area (Å²) < 4.78 is 0. The van der Waals surface area contributed by atoms with E-state index in [-0.39, 0.29) is 0 Å². The van der Waals surface area contributed by atoms with Gasteiger partial charge in [0.25, 0.3) is 0 Å². The highest BCUT2D eigenvalue weighted by molar-refractivity contribution is 5.31. The molecule has 0 heterocycles. The van der Waals surface area contributed by atoms with Crippen LogP contribution in [0.3, 0.4) is 0 Å². The average Bonchev–Trinajstić information content (AvgIpc) is 2.53. The van der Waals surface area contributed by atoms with Crippen LogP contribution in [0, 0.1) is 11.3 Å². The van der Waals surface area contributed by atoms with Crippen LogP contribution in [0.5, 0.6) is 5.75 Å². The number of nitrogens with one attached hydrogen (secondary N) is 1. The van der Waals surface area contributed by atoms with Crippen molar-refractivity contribution < 1.29 is 5.11 Å². The number of nitriles is 1. The highest BCUT2D eigenvalue weighted by Gasteiger charge is 2.03. The van der Waals surface area contributed by atoms with Crippen LogP contribution in [0.25, 0.3) is 0 Å². The normalized spacial score (nSPS) is 11.8. The minimum absolute atomic E-state index is 0.311. The van der Waals surface area contributed by atoms with Gasteiger partial charge in [-0.05, 0) is 55.2 Å². The molecule has 3 nitrogen and oxygen atoms in total. The quantitative estimate of drug-likeness (QED) is 0.853. The molecule has 108 valence electrons. The third-order valence-corrected chi connectivity index (χ3v) is 3.54. The third-order valence-electron chi connectivity index (χ3n) is 3.54. The first-order valence-electron chi connectivity index (χ1n) is 7.17. The van der Waals surface area contributed by atoms with Crippen molar-refractivity contribution in [1.82, 2.24) is 5.32 Å². The molecule has 1 atom stereocenters. The zero-order valence-corrected chi connectivity index (χ0v) is 12.2. The largest absolute Gasteiger partial charge is 0.508 e. The lowest BCUT2D eigenvalue weighted by Crippen LogP contribution is -2.25. The number of phenols is 1. The summed E-state index contributed by atoms with van der Waals surface area (Å²) in [5, 5.41) is 21.5. The van der Waals surface area contributed by atoms with Gasteiger partial charge in [0.1, 0.15) is 5.75 Å². The number of hydrogen-bond acceptors (Lipinski definition) is 3. The lowest BCUT2D eigenvalue weighted by molar-refractivity contribution is 0.474. The van der Waals surface area contributed by atoms with E-state index in [9.17, 15) is 5.11 Å². The van der Waals surface area contributed by atoms with Gasteiger partial charge in [0.05, 0.1) is 11.6 Å². The Hall–Kier alpha value is -2.31. The molecule has 0 aromatic heterocycles. The highest BCUT2D eigenvalue weighted by atomic mass is 16.3. The molecule has 0 aliphatic heterocycles. The summed E-state index contributed by atoms with van der Waals surface area (Å²) in [5.41, 5.74) is 3.12. The van der Waals surface area contributed by atoms with Gasteiger partial charge in [0.2, 0.25) is 0 Å². The first-order valence-corrected chi connectivity index (χ1v) is 7.17. The van der Waals surface area contributed by atoms with Crippen LogP contribution in [-0.4, -0.2) is 11.1 Å². The Morgan fingerprint density at radius 2 is 1.67 bits per heavy atom. The predicted molar refractivity (Wildman–Crippen MR) is 83.9 cm³/mol. The Morgan fingerprint density at radius 3 is 2.29 bits per heavy atom. The maximum atomic E-state index is 9.25. The minimum atomic E-state index is 0.311. The molecule has 21 heavy (non-hydrogen) atoms. The Kier molecular flexibility index (Phi) is 5.36. The molecule has 1 unspecified atom stereocenters. The summed E-state index contributed by atoms with van der Waals surface area (Å²) in [6, 6.07) is 17.6. The highest BCUT2D eigenvalue weighted by Crippen LogP contribution is 2.12. The van der Waals surface area contributed by atoms with Crippen LogP contribution in [0.15, 0.2) is 48.5 Å². The van der Waals surface area contributed by atoms with Crippen molar-refractivity contribution in [2.24, 2.45) is 0 Å². The average molecular weight is 280 g/mol. The van der Waals surface area contributed by atoms with Gasteiger partial charge in [-0.2, -0.15) is 5.26 Å². The maximum absolute atomic E-state index is 9.25. The van der Waals surface area contributed by atoms with Gasteiger partial charge in [-0.1, -0.05) is 24.3 Å². The number of phenolic OH excluding ortho intramolecular Hbond substituents is 1. The van der Waals surface area contributed by atoms with Crippen LogP contribution in [0.4, 0.5) is 0 Å². The maximum Gasteiger partial charge on any atom is 0.115 e. The molecule has 2 rings (SSSR count). The molecule has 0 amide bonds. The van der Waals surface area contributed by atoms with Crippen molar-refractivity contribution in [2.45, 2.75) is 32.4 Å². The number of benzene rings is 2. The van der Waals surface area contributed by atoms with E-state index >= 15 is 0 Å². The number of hydrogen-bond donors (Lipinski definition) is 2. The first kappa shape index (κ1) is 15.1. The minimum Gasteiger partial charge on any atom is -0.508 e. The van der Waals surface area contributed by atoms with Crippen LogP contribution in [-0.2, 0) is 13.0 Å². The molecule has 0 aliphatic rings. The van der Waals surface area contributed by atoms with E-state index in [0.717, 1.165) is 19.4 Å². The van der Waals surface area contributed by atoms with Crippen molar-refractivity contribution >= 4 is 0 Å². The summed E-state index contributed by atoms with van der Waals surface area (Å²) >= 11 is 0. The van der Waals surface area contributed by atoms with Gasteiger partial charge >= 0.3 is 0 Å². The SMILES string of the molecule is CC(CCc1ccc(O)cc1)NCc1ccc(C#N)cc1. The molecule has 2 aromatic carbocycles. The third kappa shape index (κ3) is 4.94. The van der Waals surface area contributed by atoms with Crippen molar-refractivity contribution in [3.63, 3.8) is 0 Å². The summed E-state index contributed by atoms with van der Waals surface area (Å²) in [4.78, 5) is 0. The summed E-state index contributed by atoms with van der Waals surface area (Å²) in [6.45, 7) is 2.98. The topological polar surface area (TPSA) is 56.0 Å². The zero-order valence-electron chi connectivity index (χ0n) is 12.2. The predicted octanol–water partition coefficient (Wildman–Crippen LogP) is 3.37. The van der Waals surface area contributed by atoms with Gasteiger partial charge in [-0.3, -0.25) is 0 Å². The molecule has 0 saturated heterocycles. The standard InChI is InChI=1S/C18H20N2O/c1-14(2-3-15-8-10-18(21)11-9-15)20-13-17-6-4-16(12-19)5-7-17/h4-11,14,20-21H,2-3,13H2,1H3. The Balaban J connectivity index is 1.75. The van der Waals surface area contributed by atoms with Crippen molar-refractivity contribution in [3.05, 3.63) is 65.2 Å². The first-order chi connectivity index (χ1) is 10.2. The second kappa shape index (κ2) is 7.47. The smallest absolute Gasteiger partial charge is 0.115 e. The van der Waals surface area contributed by atoms with E-state index < -0.39 is 0 Å². The van der Waals surface area contributed by atoms with Gasteiger partial charge in [-0.15, -0.1) is 0 Å². The van der Waals surface area contributed by atoms with Crippen molar-refractivity contribution in [3.8, 4) is 11.8 Å². The van der Waals surface area contributed by atoms with Gasteiger partial charge in [-0.25, -0.2) is 0 Å². The van der Waals surface area contributed by atoms with E-state index in [4.69, 9.17) is 5.26 Å². The molecule has 2 aromatic rings. The Morgan fingerprint density at radius 1 is 1.05 bits per heavy atom. The van der Waals surface area contributed by atoms with Crippen molar-refractivity contribution in [1.29, 1.82) is 5.26 Å². The molecular weight excluding hydrogens is 260 g/mol. The Bertz CT molecular complexity index is 597. The molecule has 0 aliphatic carbocycles. The molecule has 0 spiro atoms. The second-order valence-electron chi connectivity index (χ2n) is 5.30. The molecule has 0 radical (unpaired) electrons. The second-order valence-corrected chi connectivity index (χ2v) is 5.30. The van der Waals surface area contributed by atoms with E-state index in [1.807, 2.05) is 36.4 Å². The summed E-state index contributed by atoms with van der Waals surface area (Å²) in [5.74, 6) is 0.311. The Labute approximate surface area is 125 Å². The summed E-state index contributed by atoms with van der Waals surface area (Å²) in [6.07, 6.45) is 2.03. The fraction of sp³-hybridized carbons (Fsp3) is 0.278. The van der Waals surface area contributed by atoms with Crippen LogP contribution in [0.1, 0.15) is 30.0 Å². The molecule has 3 heteroatoms. The van der Waals surface area contributed by atoms with Gasteiger partial charge in [0.15, 0.2) is 0 Å². The lowest BCUT2D eigenvalue weighted by Gasteiger charge is -2.14. The van der Waals surface area contributed by atoms with Crippen LogP contribution in [0.2, 0.25) is 0 Å². The molecular formula is C18H20N2O. The molecule has 2 N–H and O–H groups in total. The fourth-order valence-electron chi connectivity index (χ4n) is 2.14. The monoisotopic (exact) mass is 280 g/mol. The van der Waals surface area contributed by atoms with Crippen LogP contribution < -0.4 is 5.32 Å². The molecule has 0 fully saturated rings. The van der Waals surface area contributed by atoms with Crippen LogP contribution >= 0.6 is 0 Å². The van der Waals surface area contributed by atoms with E-state index in [1.54, 1.807) is 12.1 Å². The van der Waals surface area contributed by atoms with E-state index in [1.165, 1.54) is 11.1 Å². The molecule has 0 saturated carbocycles. The van der Waals surface area contributed by atoms with Crippen molar-refractivity contribution in [2.75, 3.05) is 0 Å². The molecule has 0 bridgehead atoms. The number of aromatic hydroxyl groups is 1. The van der Waals surface area contributed by atoms with Gasteiger partial charge in [0, 0.05) is 12.6 Å². The summed E-state index contributed by atoms with van der Waals surface area (Å²) in [7, 11) is 0. The zero-order chi connectivity index (χ0) is 15.1. The number of nitrogens with zero attached hydrogens (tertiary/aromatic N) is 1. The van der Waals surface area contributed by atoms with Gasteiger partial charge < -0.3 is 10.4 Å². The van der Waals surface area contributed by atoms with E-state index in [0.29, 0.717) is 17.4 Å². The van der Waals surface area contributed by atoms with E-state index in [2.05, 4.69) is 18.3 Å². The fourth-order valence-corrected chi connectivity index (χ4v) is 2.14. The number of rotatable bonds is 6.